The first-order chi connectivity index (χ1) is 15.5. The lowest BCUT2D eigenvalue weighted by Crippen LogP contribution is -2.41. The molecular weight excluding hydrogens is 479 g/mol. The van der Waals surface area contributed by atoms with Crippen molar-refractivity contribution in [2.24, 2.45) is 0 Å². The van der Waals surface area contributed by atoms with E-state index in [1.54, 1.807) is 30.3 Å². The van der Waals surface area contributed by atoms with E-state index < -0.39 is 22.5 Å². The van der Waals surface area contributed by atoms with E-state index in [2.05, 4.69) is 11.4 Å². The summed E-state index contributed by atoms with van der Waals surface area (Å²) in [5, 5.41) is 3.18. The van der Waals surface area contributed by atoms with Crippen LogP contribution in [0.2, 0.25) is 10.0 Å². The van der Waals surface area contributed by atoms with Crippen molar-refractivity contribution >= 4 is 44.8 Å². The second kappa shape index (κ2) is 10.2. The maximum Gasteiger partial charge on any atom is 0.264 e. The van der Waals surface area contributed by atoms with Crippen LogP contribution in [0.1, 0.15) is 35.2 Å². The summed E-state index contributed by atoms with van der Waals surface area (Å²) < 4.78 is 27.9. The van der Waals surface area contributed by atoms with Crippen LogP contribution in [0.25, 0.3) is 0 Å². The van der Waals surface area contributed by atoms with Crippen molar-refractivity contribution in [1.29, 1.82) is 0 Å². The van der Waals surface area contributed by atoms with Gasteiger partial charge in [-0.15, -0.1) is 0 Å². The molecule has 0 saturated carbocycles. The van der Waals surface area contributed by atoms with Crippen LogP contribution in [0.4, 0.5) is 5.69 Å². The molecule has 33 heavy (non-hydrogen) atoms. The Hall–Kier alpha value is -2.54. The summed E-state index contributed by atoms with van der Waals surface area (Å²) >= 11 is 12.5. The first-order valence-corrected chi connectivity index (χ1v) is 12.6. The summed E-state index contributed by atoms with van der Waals surface area (Å²) in [4.78, 5) is 13.1. The summed E-state index contributed by atoms with van der Waals surface area (Å²) in [6, 6.07) is 16.4. The molecule has 0 radical (unpaired) electrons. The highest BCUT2D eigenvalue weighted by Crippen LogP contribution is 2.35. The standard InChI is InChI=1S/C25H26Cl2N2O3S/c1-16-13-18(3)21(14-17(16)2)19(4)28-24(30)15-29(23-12-8-11-22(26)25(23)27)33(31,32)20-9-6-5-7-10-20/h5-14,19H,15H2,1-4H3,(H,28,30). The average Bonchev–Trinajstić information content (AvgIpc) is 2.77. The number of carbonyl (C=O) groups excluding carboxylic acids is 1. The first-order valence-electron chi connectivity index (χ1n) is 10.4. The van der Waals surface area contributed by atoms with Gasteiger partial charge in [-0.25, -0.2) is 8.42 Å². The number of nitrogens with zero attached hydrogens (tertiary/aromatic N) is 1. The molecule has 8 heteroatoms. The van der Waals surface area contributed by atoms with Gasteiger partial charge in [0.05, 0.1) is 26.7 Å². The van der Waals surface area contributed by atoms with Gasteiger partial charge >= 0.3 is 0 Å². The van der Waals surface area contributed by atoms with Gasteiger partial charge in [-0.2, -0.15) is 0 Å². The molecular formula is C25H26Cl2N2O3S. The second-order valence-electron chi connectivity index (χ2n) is 7.98. The van der Waals surface area contributed by atoms with E-state index in [1.807, 2.05) is 33.8 Å². The van der Waals surface area contributed by atoms with Gasteiger partial charge in [0, 0.05) is 0 Å². The van der Waals surface area contributed by atoms with Gasteiger partial charge < -0.3 is 5.32 Å². The van der Waals surface area contributed by atoms with Crippen LogP contribution in [0.5, 0.6) is 0 Å². The Morgan fingerprint density at radius 2 is 1.58 bits per heavy atom. The minimum absolute atomic E-state index is 0.0481. The number of halogens is 2. The Labute approximate surface area is 205 Å². The molecule has 1 amide bonds. The van der Waals surface area contributed by atoms with Gasteiger partial charge in [0.25, 0.3) is 10.0 Å². The van der Waals surface area contributed by atoms with Crippen LogP contribution in [-0.4, -0.2) is 20.9 Å². The molecule has 3 rings (SSSR count). The third kappa shape index (κ3) is 5.52. The zero-order valence-electron chi connectivity index (χ0n) is 18.9. The molecule has 0 aliphatic carbocycles. The number of sulfonamides is 1. The van der Waals surface area contributed by atoms with Crippen LogP contribution < -0.4 is 9.62 Å². The Balaban J connectivity index is 1.95. The Morgan fingerprint density at radius 1 is 0.939 bits per heavy atom. The number of nitrogens with one attached hydrogen (secondary N) is 1. The maximum atomic E-state index is 13.5. The van der Waals surface area contributed by atoms with E-state index in [-0.39, 0.29) is 26.7 Å². The van der Waals surface area contributed by atoms with E-state index in [4.69, 9.17) is 23.2 Å². The number of hydrogen-bond donors (Lipinski definition) is 1. The van der Waals surface area contributed by atoms with Gasteiger partial charge in [0.15, 0.2) is 0 Å². The van der Waals surface area contributed by atoms with Crippen molar-refractivity contribution in [2.75, 3.05) is 10.8 Å². The summed E-state index contributed by atoms with van der Waals surface area (Å²) in [5.41, 5.74) is 4.46. The number of aryl methyl sites for hydroxylation is 3. The van der Waals surface area contributed by atoms with Crippen molar-refractivity contribution < 1.29 is 13.2 Å². The van der Waals surface area contributed by atoms with Gasteiger partial charge in [0.2, 0.25) is 5.91 Å². The maximum absolute atomic E-state index is 13.5. The zero-order chi connectivity index (χ0) is 24.3. The molecule has 0 aliphatic rings. The van der Waals surface area contributed by atoms with Crippen molar-refractivity contribution in [2.45, 2.75) is 38.6 Å². The summed E-state index contributed by atoms with van der Waals surface area (Å²) in [6.07, 6.45) is 0. The van der Waals surface area contributed by atoms with E-state index in [1.165, 1.54) is 23.8 Å². The minimum atomic E-state index is -4.08. The van der Waals surface area contributed by atoms with E-state index in [0.717, 1.165) is 21.0 Å². The highest BCUT2D eigenvalue weighted by Gasteiger charge is 2.29. The topological polar surface area (TPSA) is 66.5 Å². The molecule has 0 bridgehead atoms. The molecule has 0 fully saturated rings. The molecule has 174 valence electrons. The first kappa shape index (κ1) is 25.1. The number of anilines is 1. The predicted octanol–water partition coefficient (Wildman–Crippen LogP) is 5.99. The highest BCUT2D eigenvalue weighted by atomic mass is 35.5. The van der Waals surface area contributed by atoms with E-state index in [0.29, 0.717) is 0 Å². The predicted molar refractivity (Wildman–Crippen MR) is 135 cm³/mol. The fraction of sp³-hybridized carbons (Fsp3) is 0.240. The van der Waals surface area contributed by atoms with E-state index >= 15 is 0 Å². The van der Waals surface area contributed by atoms with Gasteiger partial charge in [-0.1, -0.05) is 59.6 Å². The monoisotopic (exact) mass is 504 g/mol. The third-order valence-corrected chi connectivity index (χ3v) is 8.13. The van der Waals surface area contributed by atoms with Crippen LogP contribution in [-0.2, 0) is 14.8 Å². The fourth-order valence-electron chi connectivity index (χ4n) is 3.65. The molecule has 3 aromatic carbocycles. The third-order valence-electron chi connectivity index (χ3n) is 5.54. The molecule has 0 aliphatic heterocycles. The SMILES string of the molecule is Cc1cc(C)c(C(C)NC(=O)CN(c2cccc(Cl)c2Cl)S(=O)(=O)c2ccccc2)cc1C. The lowest BCUT2D eigenvalue weighted by atomic mass is 9.96. The normalized spacial score (nSPS) is 12.3. The lowest BCUT2D eigenvalue weighted by molar-refractivity contribution is -0.120. The Kier molecular flexibility index (Phi) is 7.73. The number of hydrogen-bond acceptors (Lipinski definition) is 3. The summed E-state index contributed by atoms with van der Waals surface area (Å²) in [5.74, 6) is -0.462. The molecule has 0 aromatic heterocycles. The van der Waals surface area contributed by atoms with Crippen molar-refractivity contribution in [3.05, 3.63) is 93.0 Å². The smallest absolute Gasteiger partial charge is 0.264 e. The van der Waals surface area contributed by atoms with Crippen molar-refractivity contribution in [1.82, 2.24) is 5.32 Å². The molecule has 1 unspecified atom stereocenters. The largest absolute Gasteiger partial charge is 0.348 e. The number of amides is 1. The Bertz CT molecular complexity index is 1280. The number of benzene rings is 3. The van der Waals surface area contributed by atoms with Crippen LogP contribution in [0.3, 0.4) is 0 Å². The summed E-state index contributed by atoms with van der Waals surface area (Å²) in [7, 11) is -4.08. The lowest BCUT2D eigenvalue weighted by Gasteiger charge is -2.26. The molecule has 5 nitrogen and oxygen atoms in total. The highest BCUT2D eigenvalue weighted by molar-refractivity contribution is 7.92. The van der Waals surface area contributed by atoms with E-state index in [9.17, 15) is 13.2 Å². The number of rotatable bonds is 7. The van der Waals surface area contributed by atoms with Gasteiger partial charge in [0.1, 0.15) is 6.54 Å². The quantitative estimate of drug-likeness (QED) is 0.429. The van der Waals surface area contributed by atoms with Crippen molar-refractivity contribution in [3.63, 3.8) is 0 Å². The molecule has 1 atom stereocenters. The molecule has 0 saturated heterocycles. The van der Waals surface area contributed by atoms with Gasteiger partial charge in [-0.05, 0) is 74.2 Å². The van der Waals surface area contributed by atoms with Crippen molar-refractivity contribution in [3.8, 4) is 0 Å². The minimum Gasteiger partial charge on any atom is -0.348 e. The van der Waals surface area contributed by atoms with Crippen LogP contribution in [0, 0.1) is 20.8 Å². The molecule has 3 aromatic rings. The van der Waals surface area contributed by atoms with Crippen LogP contribution in [0.15, 0.2) is 65.6 Å². The molecule has 1 N–H and O–H groups in total. The molecule has 0 heterocycles. The Morgan fingerprint density at radius 3 is 2.24 bits per heavy atom. The van der Waals surface area contributed by atoms with Gasteiger partial charge in [-0.3, -0.25) is 9.10 Å². The van der Waals surface area contributed by atoms with Crippen LogP contribution >= 0.6 is 23.2 Å². The fourth-order valence-corrected chi connectivity index (χ4v) is 5.55. The average molecular weight is 505 g/mol. The summed E-state index contributed by atoms with van der Waals surface area (Å²) in [6.45, 7) is 7.46. The number of carbonyl (C=O) groups is 1. The zero-order valence-corrected chi connectivity index (χ0v) is 21.2. The second-order valence-corrected chi connectivity index (χ2v) is 10.6. The molecule has 0 spiro atoms.